The summed E-state index contributed by atoms with van der Waals surface area (Å²) in [5, 5.41) is 0.681. The van der Waals surface area contributed by atoms with Gasteiger partial charge in [0.2, 0.25) is 0 Å². The highest BCUT2D eigenvalue weighted by Gasteiger charge is 2.56. The van der Waals surface area contributed by atoms with E-state index in [1.165, 1.54) is 0 Å². The van der Waals surface area contributed by atoms with Crippen LogP contribution in [-0.2, 0) is 4.74 Å². The molecule has 2 aliphatic heterocycles. The van der Waals surface area contributed by atoms with Crippen molar-refractivity contribution < 1.29 is 18.7 Å². The first-order valence-electron chi connectivity index (χ1n) is 8.50. The molecule has 0 radical (unpaired) electrons. The van der Waals surface area contributed by atoms with Crippen LogP contribution in [0, 0.1) is 0 Å². The summed E-state index contributed by atoms with van der Waals surface area (Å²) < 4.78 is 17.2. The number of fused-ring (bicyclic) bond motifs is 4. The predicted octanol–water partition coefficient (Wildman–Crippen LogP) is 3.63. The van der Waals surface area contributed by atoms with Crippen molar-refractivity contribution in [3.05, 3.63) is 75.6 Å². The molecule has 2 aromatic carbocycles. The molecule has 0 amide bonds. The molecule has 5 nitrogen and oxygen atoms in total. The molecule has 1 saturated heterocycles. The molecule has 0 spiro atoms. The lowest BCUT2D eigenvalue weighted by Gasteiger charge is -2.29. The molecule has 0 aliphatic carbocycles. The van der Waals surface area contributed by atoms with Crippen molar-refractivity contribution in [1.29, 1.82) is 0 Å². The van der Waals surface area contributed by atoms with E-state index in [0.717, 1.165) is 5.56 Å². The van der Waals surface area contributed by atoms with Crippen molar-refractivity contribution in [3.8, 4) is 5.75 Å². The van der Waals surface area contributed by atoms with Gasteiger partial charge in [-0.15, -0.1) is 0 Å². The fraction of sp³-hybridized carbons (Fsp3) is 0.238. The van der Waals surface area contributed by atoms with E-state index >= 15 is 0 Å². The van der Waals surface area contributed by atoms with Crippen LogP contribution in [0.3, 0.4) is 0 Å². The Kier molecular flexibility index (Phi) is 2.98. The molecule has 130 valence electrons. The molecule has 2 atom stereocenters. The summed E-state index contributed by atoms with van der Waals surface area (Å²) >= 11 is 0. The topological polar surface area (TPSA) is 69.0 Å². The standard InChI is InChI=1S/C21H16O5/c1-21(2)19-18(25-19)13-8-12-9-14(17(22)11-6-4-3-5-7-11)20(23)24-15(12)10-16(13)26-21/h3-10,18-19H,1-2H3. The van der Waals surface area contributed by atoms with Crippen LogP contribution in [0.1, 0.15) is 41.4 Å². The molecular weight excluding hydrogens is 332 g/mol. The second-order valence-corrected chi connectivity index (χ2v) is 7.25. The van der Waals surface area contributed by atoms with Gasteiger partial charge in [0.1, 0.15) is 34.7 Å². The first-order valence-corrected chi connectivity index (χ1v) is 8.50. The van der Waals surface area contributed by atoms with Crippen molar-refractivity contribution in [2.75, 3.05) is 0 Å². The van der Waals surface area contributed by atoms with Gasteiger partial charge in [0.05, 0.1) is 0 Å². The highest BCUT2D eigenvalue weighted by Crippen LogP contribution is 2.54. The molecule has 26 heavy (non-hydrogen) atoms. The van der Waals surface area contributed by atoms with E-state index in [0.29, 0.717) is 22.3 Å². The molecule has 1 aromatic heterocycles. The quantitative estimate of drug-likeness (QED) is 0.402. The third-order valence-corrected chi connectivity index (χ3v) is 5.00. The molecule has 1 fully saturated rings. The zero-order valence-electron chi connectivity index (χ0n) is 14.3. The number of hydrogen-bond acceptors (Lipinski definition) is 5. The van der Waals surface area contributed by atoms with Crippen molar-refractivity contribution >= 4 is 16.8 Å². The smallest absolute Gasteiger partial charge is 0.347 e. The fourth-order valence-corrected chi connectivity index (χ4v) is 3.60. The fourth-order valence-electron chi connectivity index (χ4n) is 3.60. The van der Waals surface area contributed by atoms with E-state index in [-0.39, 0.29) is 23.6 Å². The predicted molar refractivity (Wildman–Crippen MR) is 94.7 cm³/mol. The summed E-state index contributed by atoms with van der Waals surface area (Å²) in [5.41, 5.74) is 0.722. The summed E-state index contributed by atoms with van der Waals surface area (Å²) in [5.74, 6) is 0.309. The number of ether oxygens (including phenoxy) is 2. The number of carbonyl (C=O) groups excluding carboxylic acids is 1. The van der Waals surface area contributed by atoms with Crippen LogP contribution in [0.5, 0.6) is 5.75 Å². The Morgan fingerprint density at radius 1 is 1.08 bits per heavy atom. The van der Waals surface area contributed by atoms with Crippen LogP contribution in [0.25, 0.3) is 11.0 Å². The number of benzene rings is 2. The number of ketones is 1. The zero-order valence-corrected chi connectivity index (χ0v) is 14.3. The van der Waals surface area contributed by atoms with Crippen molar-refractivity contribution in [2.45, 2.75) is 31.7 Å². The SMILES string of the molecule is CC1(C)Oc2cc3oc(=O)c(C(=O)c4ccccc4)cc3cc2C2OC21. The van der Waals surface area contributed by atoms with E-state index < -0.39 is 11.2 Å². The van der Waals surface area contributed by atoms with Gasteiger partial charge < -0.3 is 13.9 Å². The zero-order chi connectivity index (χ0) is 18.1. The average molecular weight is 348 g/mol. The monoisotopic (exact) mass is 348 g/mol. The van der Waals surface area contributed by atoms with E-state index in [1.54, 1.807) is 36.4 Å². The molecule has 2 aliphatic rings. The van der Waals surface area contributed by atoms with Gasteiger partial charge in [-0.25, -0.2) is 4.79 Å². The Hall–Kier alpha value is -2.92. The van der Waals surface area contributed by atoms with E-state index in [1.807, 2.05) is 26.0 Å². The van der Waals surface area contributed by atoms with Gasteiger partial charge in [-0.2, -0.15) is 0 Å². The van der Waals surface area contributed by atoms with Crippen LogP contribution in [0.2, 0.25) is 0 Å². The Bertz CT molecular complexity index is 1110. The van der Waals surface area contributed by atoms with Gasteiger partial charge >= 0.3 is 5.63 Å². The van der Waals surface area contributed by atoms with Gasteiger partial charge in [0.25, 0.3) is 0 Å². The second kappa shape index (κ2) is 5.05. The van der Waals surface area contributed by atoms with Crippen molar-refractivity contribution in [1.82, 2.24) is 0 Å². The summed E-state index contributed by atoms with van der Waals surface area (Å²) in [4.78, 5) is 25.0. The van der Waals surface area contributed by atoms with Crippen LogP contribution in [0.15, 0.2) is 57.7 Å². The Morgan fingerprint density at radius 3 is 2.62 bits per heavy atom. The van der Waals surface area contributed by atoms with Crippen molar-refractivity contribution in [2.24, 2.45) is 0 Å². The molecule has 3 heterocycles. The first-order chi connectivity index (χ1) is 12.4. The summed E-state index contributed by atoms with van der Waals surface area (Å²) in [6, 6.07) is 13.9. The van der Waals surface area contributed by atoms with E-state index in [2.05, 4.69) is 0 Å². The third kappa shape index (κ3) is 2.21. The van der Waals surface area contributed by atoms with E-state index in [4.69, 9.17) is 13.9 Å². The second-order valence-electron chi connectivity index (χ2n) is 7.25. The summed E-state index contributed by atoms with van der Waals surface area (Å²) in [7, 11) is 0. The molecule has 0 saturated carbocycles. The number of rotatable bonds is 2. The molecule has 3 aromatic rings. The van der Waals surface area contributed by atoms with Gasteiger partial charge in [-0.05, 0) is 26.0 Å². The van der Waals surface area contributed by atoms with Gasteiger partial charge in [0, 0.05) is 22.6 Å². The highest BCUT2D eigenvalue weighted by molar-refractivity contribution is 6.09. The normalized spacial score (nSPS) is 22.2. The van der Waals surface area contributed by atoms with Gasteiger partial charge in [0.15, 0.2) is 5.78 Å². The minimum atomic E-state index is -0.651. The molecule has 0 bridgehead atoms. The average Bonchev–Trinajstić information content (AvgIpc) is 3.42. The molecule has 5 heteroatoms. The molecule has 2 unspecified atom stereocenters. The number of hydrogen-bond donors (Lipinski definition) is 0. The largest absolute Gasteiger partial charge is 0.484 e. The highest BCUT2D eigenvalue weighted by atomic mass is 16.6. The van der Waals surface area contributed by atoms with E-state index in [9.17, 15) is 9.59 Å². The maximum atomic E-state index is 12.6. The minimum absolute atomic E-state index is 0.0154. The van der Waals surface area contributed by atoms with Crippen LogP contribution < -0.4 is 10.4 Å². The Balaban J connectivity index is 1.65. The summed E-state index contributed by atoms with van der Waals surface area (Å²) in [6.45, 7) is 3.95. The van der Waals surface area contributed by atoms with Crippen LogP contribution in [-0.4, -0.2) is 17.5 Å². The Labute approximate surface area is 149 Å². The lowest BCUT2D eigenvalue weighted by Crippen LogP contribution is -2.37. The molecule has 0 N–H and O–H groups in total. The maximum Gasteiger partial charge on any atom is 0.347 e. The first kappa shape index (κ1) is 15.3. The minimum Gasteiger partial charge on any atom is -0.484 e. The lowest BCUT2D eigenvalue weighted by atomic mass is 9.93. The van der Waals surface area contributed by atoms with Crippen LogP contribution in [0.4, 0.5) is 0 Å². The molecular formula is C21H16O5. The lowest BCUT2D eigenvalue weighted by molar-refractivity contribution is 0.0726. The Morgan fingerprint density at radius 2 is 1.85 bits per heavy atom. The number of carbonyl (C=O) groups is 1. The summed E-state index contributed by atoms with van der Waals surface area (Å²) in [6.07, 6.45) is 0.00643. The number of epoxide rings is 1. The maximum absolute atomic E-state index is 12.6. The third-order valence-electron chi connectivity index (χ3n) is 5.00. The van der Waals surface area contributed by atoms with Gasteiger partial charge in [-0.1, -0.05) is 30.3 Å². The van der Waals surface area contributed by atoms with Crippen molar-refractivity contribution in [3.63, 3.8) is 0 Å². The van der Waals surface area contributed by atoms with Crippen LogP contribution >= 0.6 is 0 Å². The molecule has 5 rings (SSSR count). The van der Waals surface area contributed by atoms with Gasteiger partial charge in [-0.3, -0.25) is 4.79 Å².